The zero-order chi connectivity index (χ0) is 75.1. The van der Waals surface area contributed by atoms with Crippen molar-refractivity contribution >= 4 is 126 Å². The Hall–Kier alpha value is -4.32. The average Bonchev–Trinajstić information content (AvgIpc) is 0.423. The van der Waals surface area contributed by atoms with Crippen molar-refractivity contribution in [2.24, 2.45) is 0 Å². The minimum Gasteiger partial charge on any atom is -0.507 e. The van der Waals surface area contributed by atoms with Gasteiger partial charge in [0.25, 0.3) is 0 Å². The zero-order valence-electron chi connectivity index (χ0n) is 68.1. The molecule has 8 nitrogen and oxygen atoms in total. The number of halogens is 4. The second kappa shape index (κ2) is 43.2. The van der Waals surface area contributed by atoms with Crippen LogP contribution in [0.15, 0.2) is 121 Å². The molecular formula is C88H132Cl4N4O4P4. The number of nitrogens with one attached hydrogen (secondary N) is 4. The average molecular weight is 1580 g/mol. The Morgan fingerprint density at radius 1 is 0.288 bits per heavy atom. The predicted molar refractivity (Wildman–Crippen MR) is 478 cm³/mol. The summed E-state index contributed by atoms with van der Waals surface area (Å²) < 4.78 is 0. The van der Waals surface area contributed by atoms with Gasteiger partial charge in [-0.05, 0) is 200 Å². The van der Waals surface area contributed by atoms with E-state index in [4.69, 9.17) is 0 Å². The Bertz CT molecular complexity index is 3970. The van der Waals surface area contributed by atoms with Crippen molar-refractivity contribution < 1.29 is 20.4 Å². The van der Waals surface area contributed by atoms with Gasteiger partial charge in [-0.3, -0.25) is 0 Å². The highest BCUT2D eigenvalue weighted by atomic mass is 35.5. The highest BCUT2D eigenvalue weighted by Crippen LogP contribution is 2.39. The van der Waals surface area contributed by atoms with Crippen LogP contribution >= 0.6 is 84.0 Å². The Morgan fingerprint density at radius 3 is 0.808 bits per heavy atom. The van der Waals surface area contributed by atoms with Crippen LogP contribution in [-0.4, -0.2) is 44.6 Å². The topological polar surface area (TPSA) is 129 Å². The third-order valence-corrected chi connectivity index (χ3v) is 24.2. The number of benzene rings is 8. The molecule has 4 atom stereocenters. The van der Waals surface area contributed by atoms with E-state index >= 15 is 0 Å². The first-order chi connectivity index (χ1) is 46.4. The van der Waals surface area contributed by atoms with Crippen LogP contribution in [0.25, 0.3) is 0 Å². The molecule has 0 saturated carbocycles. The highest BCUT2D eigenvalue weighted by molar-refractivity contribution is 7.57. The molecule has 0 aromatic heterocycles. The normalized spacial score (nSPS) is 12.0. The van der Waals surface area contributed by atoms with E-state index in [0.29, 0.717) is 81.5 Å². The van der Waals surface area contributed by atoms with Gasteiger partial charge in [0.05, 0.1) is 0 Å². The lowest BCUT2D eigenvalue weighted by atomic mass is 9.80. The van der Waals surface area contributed by atoms with Crippen molar-refractivity contribution in [3.05, 3.63) is 210 Å². The van der Waals surface area contributed by atoms with Gasteiger partial charge >= 0.3 is 0 Å². The summed E-state index contributed by atoms with van der Waals surface area (Å²) in [6.07, 6.45) is 0. The largest absolute Gasteiger partial charge is 0.507 e. The summed E-state index contributed by atoms with van der Waals surface area (Å²) in [5.74, 6) is 1.81. The number of aromatic hydroxyl groups is 4. The molecule has 8 aromatic carbocycles. The fourth-order valence-electron chi connectivity index (χ4n) is 11.6. The third-order valence-electron chi connectivity index (χ3n) is 17.7. The van der Waals surface area contributed by atoms with Gasteiger partial charge in [-0.1, -0.05) is 270 Å². The van der Waals surface area contributed by atoms with E-state index in [0.717, 1.165) is 69.7 Å². The van der Waals surface area contributed by atoms with Gasteiger partial charge in [-0.15, -0.1) is 49.6 Å². The van der Waals surface area contributed by atoms with Crippen LogP contribution in [0.5, 0.6) is 23.0 Å². The van der Waals surface area contributed by atoms with Crippen LogP contribution in [-0.2, 0) is 47.8 Å². The molecule has 8 rings (SSSR count). The van der Waals surface area contributed by atoms with Crippen LogP contribution in [0.2, 0.25) is 0 Å². The maximum atomic E-state index is 11.2. The molecule has 0 saturated heterocycles. The van der Waals surface area contributed by atoms with Crippen LogP contribution in [0, 0.1) is 55.4 Å². The SMILES string of the molecule is Cc1cc(C(C)(C)C)cc(Pc2c(C)cccc2CNC(C)C)c1O.Cc1cc(C)c(O)c(Pc2c(C)cccc2CNC(C)C)c1.Cc1cc(Pc2c(C)cccc2CNC(C)C)c(O)c(C(C)(C)C)c1.Cc1cccc(CNC(C)C)c1Pc1cc(C(C)(C)C)cc(C(C)(C)C)c1O.Cl.Cl.Cl.Cl. The number of phenolic OH excluding ortho intramolecular Hbond substituents is 4. The number of phenols is 4. The Balaban J connectivity index is 0.000000687. The summed E-state index contributed by atoms with van der Waals surface area (Å²) in [5, 5.41) is 66.7. The monoisotopic (exact) mass is 1570 g/mol. The first kappa shape index (κ1) is 97.7. The lowest BCUT2D eigenvalue weighted by Gasteiger charge is -2.28. The second-order valence-electron chi connectivity index (χ2n) is 32.9. The van der Waals surface area contributed by atoms with Crippen LogP contribution in [0.3, 0.4) is 0 Å². The molecule has 16 heteroatoms. The van der Waals surface area contributed by atoms with Gasteiger partial charge in [0.15, 0.2) is 0 Å². The summed E-state index contributed by atoms with van der Waals surface area (Å²) in [4.78, 5) is 0. The fourth-order valence-corrected chi connectivity index (χ4v) is 17.3. The first-order valence-electron chi connectivity index (χ1n) is 36.1. The second-order valence-corrected chi connectivity index (χ2v) is 38.0. The fraction of sp³-hybridized carbons (Fsp3) is 0.455. The van der Waals surface area contributed by atoms with E-state index in [1.165, 1.54) is 88.0 Å². The number of hydrogen-bond acceptors (Lipinski definition) is 8. The van der Waals surface area contributed by atoms with E-state index in [-0.39, 0.29) is 71.3 Å². The van der Waals surface area contributed by atoms with Crippen LogP contribution in [0.4, 0.5) is 0 Å². The van der Waals surface area contributed by atoms with Crippen molar-refractivity contribution in [1.29, 1.82) is 0 Å². The molecule has 0 aliphatic carbocycles. The van der Waals surface area contributed by atoms with Crippen molar-refractivity contribution in [1.82, 2.24) is 21.3 Å². The van der Waals surface area contributed by atoms with Gasteiger partial charge in [0.2, 0.25) is 0 Å². The molecule has 0 aliphatic heterocycles. The molecule has 0 radical (unpaired) electrons. The summed E-state index contributed by atoms with van der Waals surface area (Å²) in [6.45, 7) is 64.0. The Labute approximate surface area is 662 Å². The predicted octanol–water partition coefficient (Wildman–Crippen LogP) is 19.4. The standard InChI is InChI=1S/C25H38NOP.2C22H32NOP.C19H26NOP.4ClH/c1-16(2)26-15-18-12-10-11-17(3)23(18)28-21-14-19(24(4,5)6)13-20(22(21)27)25(7,8)9;1-14(2)23-13-17-10-8-9-16(4)21(17)25-19-12-15(3)11-18(20(19)24)22(5,6)7;1-14(2)23-13-17-10-8-9-15(3)21(17)25-19-12-18(22(5,6)7)11-16(4)20(19)24;1-12(2)20-11-16-8-6-7-14(4)19(16)22-17-10-13(3)9-15(5)18(17)21;;;;/h10-14,16,26-28H,15H2,1-9H3;2*8-12,14,23-25H,13H2,1-7H3;6-10,12,20-22H,11H2,1-5H3;4*1H. The number of hydrogen-bond donors (Lipinski definition) is 8. The molecule has 0 fully saturated rings. The molecule has 8 N–H and O–H groups in total. The summed E-state index contributed by atoms with van der Waals surface area (Å²) in [5.41, 5.74) is 19.4. The van der Waals surface area contributed by atoms with Crippen molar-refractivity contribution in [2.75, 3.05) is 0 Å². The molecule has 576 valence electrons. The Kier molecular flexibility index (Phi) is 40.6. The lowest BCUT2D eigenvalue weighted by Crippen LogP contribution is -2.26. The van der Waals surface area contributed by atoms with Crippen LogP contribution in [0.1, 0.15) is 227 Å². The maximum Gasteiger partial charge on any atom is 0.127 e. The molecule has 0 aliphatic rings. The van der Waals surface area contributed by atoms with Crippen molar-refractivity contribution in [3.63, 3.8) is 0 Å². The molecular weight excluding hydrogens is 1440 g/mol. The Morgan fingerprint density at radius 2 is 0.529 bits per heavy atom. The van der Waals surface area contributed by atoms with E-state index < -0.39 is 0 Å². The number of rotatable bonds is 20. The van der Waals surface area contributed by atoms with Crippen LogP contribution < -0.4 is 63.7 Å². The molecule has 0 spiro atoms. The van der Waals surface area contributed by atoms with E-state index in [9.17, 15) is 20.4 Å². The summed E-state index contributed by atoms with van der Waals surface area (Å²) in [7, 11) is 1.83. The molecule has 4 unspecified atom stereocenters. The quantitative estimate of drug-likeness (QED) is 0.0355. The molecule has 8 aromatic rings. The van der Waals surface area contributed by atoms with Crippen molar-refractivity contribution in [2.45, 2.75) is 266 Å². The molecule has 0 heterocycles. The van der Waals surface area contributed by atoms with Gasteiger partial charge < -0.3 is 41.7 Å². The van der Waals surface area contributed by atoms with E-state index in [2.05, 4.69) is 317 Å². The zero-order valence-corrected chi connectivity index (χ0v) is 75.4. The van der Waals surface area contributed by atoms with E-state index in [1.807, 2.05) is 19.9 Å². The maximum absolute atomic E-state index is 11.2. The summed E-state index contributed by atoms with van der Waals surface area (Å²) >= 11 is 0. The van der Waals surface area contributed by atoms with Gasteiger partial charge in [0, 0.05) is 82.7 Å². The highest BCUT2D eigenvalue weighted by Gasteiger charge is 2.27. The van der Waals surface area contributed by atoms with Crippen molar-refractivity contribution in [3.8, 4) is 23.0 Å². The molecule has 0 bridgehead atoms. The van der Waals surface area contributed by atoms with E-state index in [1.54, 1.807) is 0 Å². The third kappa shape index (κ3) is 29.6. The minimum atomic E-state index is -0.0989. The van der Waals surface area contributed by atoms with Gasteiger partial charge in [-0.2, -0.15) is 0 Å². The molecule has 104 heavy (non-hydrogen) atoms. The first-order valence-corrected chi connectivity index (χ1v) is 40.1. The summed E-state index contributed by atoms with van der Waals surface area (Å²) in [6, 6.07) is 44.9. The molecule has 0 amide bonds. The van der Waals surface area contributed by atoms with Gasteiger partial charge in [-0.25, -0.2) is 0 Å². The van der Waals surface area contributed by atoms with Gasteiger partial charge in [0.1, 0.15) is 23.0 Å². The smallest absolute Gasteiger partial charge is 0.127 e. The number of aryl methyl sites for hydroxylation is 8. The lowest BCUT2D eigenvalue weighted by molar-refractivity contribution is 0.448. The minimum absolute atomic E-state index is 0.